The third kappa shape index (κ3) is 15.0. The van der Waals surface area contributed by atoms with Crippen LogP contribution in [-0.4, -0.2) is 50.7 Å². The lowest BCUT2D eigenvalue weighted by Gasteiger charge is -2.25. The van der Waals surface area contributed by atoms with Gasteiger partial charge in [0.1, 0.15) is 0 Å². The molecule has 0 heterocycles. The van der Waals surface area contributed by atoms with E-state index < -0.39 is 0 Å². The highest BCUT2D eigenvalue weighted by molar-refractivity contribution is 5.85. The fourth-order valence-electron chi connectivity index (χ4n) is 1.11. The number of quaternary nitrogens is 1. The molecule has 0 aliphatic rings. The molecule has 88 valence electrons. The van der Waals surface area contributed by atoms with E-state index in [0.29, 0.717) is 0 Å². The molecule has 0 rings (SSSR count). The van der Waals surface area contributed by atoms with Crippen molar-refractivity contribution >= 4 is 12.4 Å². The van der Waals surface area contributed by atoms with Gasteiger partial charge in [-0.1, -0.05) is 6.92 Å². The molecule has 0 aromatic heterocycles. The molecule has 0 bridgehead atoms. The average molecular weight is 243 g/mol. The molecular weight excluding hydrogens is 219 g/mol. The Kier molecular flexibility index (Phi) is 14.3. The van der Waals surface area contributed by atoms with Crippen molar-refractivity contribution in [2.45, 2.75) is 12.8 Å². The van der Waals surface area contributed by atoms with Crippen molar-refractivity contribution in [3.05, 3.63) is 13.5 Å². The van der Waals surface area contributed by atoms with Gasteiger partial charge in [0.2, 0.25) is 0 Å². The molecule has 0 aliphatic heterocycles. The highest BCUT2D eigenvalue weighted by atomic mass is 35.5. The second-order valence-electron chi connectivity index (χ2n) is 4.32. The largest absolute Gasteiger partial charge is 1.00 e. The molecule has 0 unspecified atom stereocenters. The Hall–Kier alpha value is 0.500. The van der Waals surface area contributed by atoms with Gasteiger partial charge in [0.15, 0.2) is 0 Å². The maximum atomic E-state index is 3.78. The van der Waals surface area contributed by atoms with E-state index in [4.69, 9.17) is 0 Å². The monoisotopic (exact) mass is 242 g/mol. The van der Waals surface area contributed by atoms with Crippen molar-refractivity contribution in [2.24, 2.45) is 0 Å². The summed E-state index contributed by atoms with van der Waals surface area (Å²) in [6.07, 6.45) is 2.14. The molecular formula is C10H24Cl2N2. The number of nitrogens with zero attached hydrogens (tertiary/aromatic N) is 2. The van der Waals surface area contributed by atoms with Gasteiger partial charge >= 0.3 is 0 Å². The fraction of sp³-hybridized carbons (Fsp3) is 0.800. The minimum Gasteiger partial charge on any atom is -1.00 e. The second kappa shape index (κ2) is 10.0. The molecule has 2 radical (unpaired) electrons. The minimum absolute atomic E-state index is 0. The first-order valence-corrected chi connectivity index (χ1v) is 4.59. The molecule has 0 fully saturated rings. The van der Waals surface area contributed by atoms with E-state index in [1.807, 2.05) is 0 Å². The summed E-state index contributed by atoms with van der Waals surface area (Å²) in [6.45, 7) is 8.29. The highest BCUT2D eigenvalue weighted by Crippen LogP contribution is 1.98. The van der Waals surface area contributed by atoms with Gasteiger partial charge in [-0.2, -0.15) is 0 Å². The van der Waals surface area contributed by atoms with Gasteiger partial charge in [-0.25, -0.2) is 0 Å². The fourth-order valence-corrected chi connectivity index (χ4v) is 1.11. The van der Waals surface area contributed by atoms with E-state index >= 15 is 0 Å². The molecule has 0 aliphatic carbocycles. The highest BCUT2D eigenvalue weighted by Gasteiger charge is 2.06. The lowest BCUT2D eigenvalue weighted by atomic mass is 10.3. The van der Waals surface area contributed by atoms with Crippen LogP contribution < -0.4 is 12.4 Å². The van der Waals surface area contributed by atoms with E-state index in [1.54, 1.807) is 0 Å². The molecule has 0 aromatic rings. The molecule has 0 N–H and O–H groups in total. The summed E-state index contributed by atoms with van der Waals surface area (Å²) in [5.74, 6) is 0. The smallest absolute Gasteiger partial charge is 0.0792 e. The summed E-state index contributed by atoms with van der Waals surface area (Å²) < 4.78 is 1.05. The molecule has 0 atom stereocenters. The topological polar surface area (TPSA) is 3.24 Å². The number of rotatable bonds is 6. The van der Waals surface area contributed by atoms with Gasteiger partial charge in [0.05, 0.1) is 27.7 Å². The van der Waals surface area contributed by atoms with E-state index in [-0.39, 0.29) is 24.8 Å². The number of halogens is 2. The predicted octanol–water partition coefficient (Wildman–Crippen LogP) is -1.17. The molecule has 0 aromatic carbocycles. The summed E-state index contributed by atoms with van der Waals surface area (Å²) in [7, 11) is 8.79. The molecule has 0 saturated carbocycles. The summed E-state index contributed by atoms with van der Waals surface area (Å²) >= 11 is 0. The number of hydrogen-bond donors (Lipinski definition) is 0. The summed E-state index contributed by atoms with van der Waals surface area (Å²) in [5, 5.41) is 0. The van der Waals surface area contributed by atoms with Crippen molar-refractivity contribution in [3.8, 4) is 0 Å². The van der Waals surface area contributed by atoms with E-state index in [1.165, 1.54) is 13.0 Å². The Morgan fingerprint density at radius 2 is 1.79 bits per heavy atom. The van der Waals surface area contributed by atoms with Gasteiger partial charge in [-0.05, 0) is 13.5 Å². The van der Waals surface area contributed by atoms with Crippen LogP contribution in [0.3, 0.4) is 0 Å². The molecule has 0 amide bonds. The summed E-state index contributed by atoms with van der Waals surface area (Å²) in [6, 6.07) is 0. The molecule has 4 heteroatoms. The van der Waals surface area contributed by atoms with Crippen molar-refractivity contribution in [3.63, 3.8) is 0 Å². The third-order valence-corrected chi connectivity index (χ3v) is 1.78. The molecule has 14 heavy (non-hydrogen) atoms. The maximum absolute atomic E-state index is 3.78. The Labute approximate surface area is 102 Å². The first-order valence-electron chi connectivity index (χ1n) is 4.59. The van der Waals surface area contributed by atoms with Crippen LogP contribution in [0.5, 0.6) is 0 Å². The lowest BCUT2D eigenvalue weighted by Crippen LogP contribution is -3.00. The van der Waals surface area contributed by atoms with Gasteiger partial charge in [-0.15, -0.1) is 12.4 Å². The van der Waals surface area contributed by atoms with Crippen molar-refractivity contribution in [1.29, 1.82) is 0 Å². The number of hydrogen-bond acceptors (Lipinski definition) is 1. The van der Waals surface area contributed by atoms with Gasteiger partial charge in [0, 0.05) is 19.5 Å². The SMILES string of the molecule is Cl.[CH2]C[CH]N(C)CCC[N+](C)(C)C.[Cl-]. The van der Waals surface area contributed by atoms with Gasteiger partial charge in [0.25, 0.3) is 0 Å². The molecule has 2 nitrogen and oxygen atoms in total. The third-order valence-electron chi connectivity index (χ3n) is 1.78. The average Bonchev–Trinajstić information content (AvgIpc) is 1.84. The summed E-state index contributed by atoms with van der Waals surface area (Å²) in [4.78, 5) is 2.22. The van der Waals surface area contributed by atoms with Crippen LogP contribution in [0.4, 0.5) is 0 Å². The normalized spacial score (nSPS) is 10.7. The van der Waals surface area contributed by atoms with Crippen LogP contribution in [0.1, 0.15) is 12.8 Å². The van der Waals surface area contributed by atoms with Crippen molar-refractivity contribution < 1.29 is 16.9 Å². The van der Waals surface area contributed by atoms with Gasteiger partial charge in [-0.3, -0.25) is 0 Å². The van der Waals surface area contributed by atoms with Crippen molar-refractivity contribution in [2.75, 3.05) is 41.3 Å². The zero-order valence-electron chi connectivity index (χ0n) is 9.79. The van der Waals surface area contributed by atoms with Crippen molar-refractivity contribution in [1.82, 2.24) is 4.90 Å². The second-order valence-corrected chi connectivity index (χ2v) is 4.32. The first kappa shape index (κ1) is 20.0. The standard InChI is InChI=1S/C10H23N2.2ClH/c1-6-8-11(2)9-7-10-12(3,4)5;;/h8H,1,6-7,9-10H2,2-5H3;2*1H/q+1;;/p-1. The molecule has 0 spiro atoms. The molecule has 0 saturated heterocycles. The zero-order chi connectivity index (χ0) is 9.61. The Morgan fingerprint density at radius 1 is 1.29 bits per heavy atom. The van der Waals surface area contributed by atoms with Crippen LogP contribution in [-0.2, 0) is 0 Å². The Morgan fingerprint density at radius 3 is 2.14 bits per heavy atom. The van der Waals surface area contributed by atoms with Crippen LogP contribution in [0.2, 0.25) is 0 Å². The van der Waals surface area contributed by atoms with Gasteiger partial charge < -0.3 is 21.8 Å². The van der Waals surface area contributed by atoms with E-state index in [0.717, 1.165) is 17.4 Å². The summed E-state index contributed by atoms with van der Waals surface area (Å²) in [5.41, 5.74) is 0. The Balaban J connectivity index is -0.000000605. The van der Waals surface area contributed by atoms with E-state index in [2.05, 4.69) is 46.6 Å². The Bertz CT molecular complexity index is 113. The van der Waals surface area contributed by atoms with Crippen LogP contribution >= 0.6 is 12.4 Å². The lowest BCUT2D eigenvalue weighted by molar-refractivity contribution is -0.870. The maximum Gasteiger partial charge on any atom is 0.0792 e. The quantitative estimate of drug-likeness (QED) is 0.531. The van der Waals surface area contributed by atoms with Crippen LogP contribution in [0, 0.1) is 13.5 Å². The van der Waals surface area contributed by atoms with Crippen LogP contribution in [0.25, 0.3) is 0 Å². The van der Waals surface area contributed by atoms with Crippen LogP contribution in [0.15, 0.2) is 0 Å². The zero-order valence-corrected chi connectivity index (χ0v) is 11.4. The minimum atomic E-state index is 0. The van der Waals surface area contributed by atoms with E-state index in [9.17, 15) is 0 Å². The predicted molar refractivity (Wildman–Crippen MR) is 61.7 cm³/mol. The first-order chi connectivity index (χ1) is 5.45.